The zero-order valence-corrected chi connectivity index (χ0v) is 13.9. The van der Waals surface area contributed by atoms with E-state index in [0.29, 0.717) is 28.5 Å². The molecule has 0 aliphatic rings. The molecule has 0 fully saturated rings. The second kappa shape index (κ2) is 7.92. The fourth-order valence-corrected chi connectivity index (χ4v) is 2.04. The molecule has 0 atom stereocenters. The van der Waals surface area contributed by atoms with Crippen LogP contribution >= 0.6 is 0 Å². The molecule has 2 aromatic carbocycles. The first kappa shape index (κ1) is 17.2. The molecule has 2 rings (SSSR count). The zero-order valence-electron chi connectivity index (χ0n) is 13.9. The number of carbonyl (C=O) groups excluding carboxylic acids is 1. The van der Waals surface area contributed by atoms with Gasteiger partial charge in [0.05, 0.1) is 27.0 Å². The van der Waals surface area contributed by atoms with Crippen LogP contribution in [0.1, 0.15) is 15.9 Å². The van der Waals surface area contributed by atoms with Gasteiger partial charge in [0.15, 0.2) is 11.5 Å². The number of carbonyl (C=O) groups is 1. The van der Waals surface area contributed by atoms with Crippen molar-refractivity contribution < 1.29 is 19.0 Å². The van der Waals surface area contributed by atoms with Gasteiger partial charge in [0, 0.05) is 11.1 Å². The summed E-state index contributed by atoms with van der Waals surface area (Å²) in [5.74, 6) is 1.62. The third kappa shape index (κ3) is 3.98. The molecule has 0 aliphatic carbocycles. The van der Waals surface area contributed by atoms with E-state index in [1.54, 1.807) is 57.7 Å². The molecular weight excluding hydrogens is 308 g/mol. The van der Waals surface area contributed by atoms with Gasteiger partial charge in [-0.15, -0.1) is 0 Å². The summed E-state index contributed by atoms with van der Waals surface area (Å²) in [4.78, 5) is 12.1. The number of benzene rings is 2. The molecule has 0 spiro atoms. The second-order valence-electron chi connectivity index (χ2n) is 4.86. The summed E-state index contributed by atoms with van der Waals surface area (Å²) in [6.45, 7) is 3.91. The van der Waals surface area contributed by atoms with Crippen molar-refractivity contribution in [2.24, 2.45) is 0 Å². The third-order valence-electron chi connectivity index (χ3n) is 3.41. The van der Waals surface area contributed by atoms with E-state index < -0.39 is 0 Å². The number of amides is 1. The van der Waals surface area contributed by atoms with Crippen LogP contribution in [0, 0.1) is 0 Å². The van der Waals surface area contributed by atoms with Gasteiger partial charge in [-0.05, 0) is 42.5 Å². The molecule has 24 heavy (non-hydrogen) atoms. The number of nitrogens with one attached hydrogen (secondary N) is 2. The quantitative estimate of drug-likeness (QED) is 0.765. The van der Waals surface area contributed by atoms with E-state index in [2.05, 4.69) is 17.4 Å². The molecular formula is C18H20N2O4. The van der Waals surface area contributed by atoms with Crippen LogP contribution in [0.2, 0.25) is 0 Å². The summed E-state index contributed by atoms with van der Waals surface area (Å²) < 4.78 is 15.5. The minimum Gasteiger partial charge on any atom is -0.497 e. The largest absolute Gasteiger partial charge is 0.497 e. The zero-order chi connectivity index (χ0) is 17.5. The van der Waals surface area contributed by atoms with E-state index in [0.717, 1.165) is 5.56 Å². The number of rotatable bonds is 7. The van der Waals surface area contributed by atoms with Crippen LogP contribution in [0.15, 0.2) is 49.0 Å². The standard InChI is InChI=1S/C18H20N2O4/c1-12(14-7-10-16(23-3)17(11-14)24-4)19-20-18(21)13-5-8-15(22-2)9-6-13/h5-11,19H,1H2,2-4H3,(H,20,21). The highest BCUT2D eigenvalue weighted by Gasteiger charge is 2.09. The van der Waals surface area contributed by atoms with Crippen LogP contribution in [-0.2, 0) is 0 Å². The minimum atomic E-state index is -0.278. The number of hydrazine groups is 1. The van der Waals surface area contributed by atoms with Crippen LogP contribution < -0.4 is 25.1 Å². The van der Waals surface area contributed by atoms with Gasteiger partial charge in [-0.25, -0.2) is 0 Å². The Bertz CT molecular complexity index is 726. The third-order valence-corrected chi connectivity index (χ3v) is 3.41. The highest BCUT2D eigenvalue weighted by atomic mass is 16.5. The predicted molar refractivity (Wildman–Crippen MR) is 92.2 cm³/mol. The molecule has 6 heteroatoms. The summed E-state index contributed by atoms with van der Waals surface area (Å²) in [6, 6.07) is 12.1. The lowest BCUT2D eigenvalue weighted by atomic mass is 10.1. The maximum atomic E-state index is 12.1. The lowest BCUT2D eigenvalue weighted by Crippen LogP contribution is -2.35. The van der Waals surface area contributed by atoms with Crippen molar-refractivity contribution in [3.8, 4) is 17.2 Å². The van der Waals surface area contributed by atoms with Gasteiger partial charge in [-0.2, -0.15) is 0 Å². The second-order valence-corrected chi connectivity index (χ2v) is 4.86. The van der Waals surface area contributed by atoms with E-state index in [-0.39, 0.29) is 5.91 Å². The minimum absolute atomic E-state index is 0.278. The molecule has 0 aromatic heterocycles. The fourth-order valence-electron chi connectivity index (χ4n) is 2.04. The lowest BCUT2D eigenvalue weighted by Gasteiger charge is -2.14. The molecule has 0 radical (unpaired) electrons. The van der Waals surface area contributed by atoms with Gasteiger partial charge in [-0.3, -0.25) is 15.6 Å². The Hall–Kier alpha value is -3.15. The molecule has 0 saturated heterocycles. The van der Waals surface area contributed by atoms with Crippen molar-refractivity contribution in [1.82, 2.24) is 10.9 Å². The van der Waals surface area contributed by atoms with Gasteiger partial charge < -0.3 is 14.2 Å². The van der Waals surface area contributed by atoms with Crippen LogP contribution in [0.25, 0.3) is 5.70 Å². The first-order valence-corrected chi connectivity index (χ1v) is 7.20. The number of hydrogen-bond donors (Lipinski definition) is 2. The number of hydrogen-bond acceptors (Lipinski definition) is 5. The van der Waals surface area contributed by atoms with E-state index in [4.69, 9.17) is 14.2 Å². The predicted octanol–water partition coefficient (Wildman–Crippen LogP) is 2.62. The molecule has 0 heterocycles. The molecule has 0 saturated carbocycles. The van der Waals surface area contributed by atoms with Crippen LogP contribution in [0.5, 0.6) is 17.2 Å². The SMILES string of the molecule is C=C(NNC(=O)c1ccc(OC)cc1)c1ccc(OC)c(OC)c1. The van der Waals surface area contributed by atoms with Gasteiger partial charge in [0.1, 0.15) is 5.75 Å². The van der Waals surface area contributed by atoms with E-state index in [9.17, 15) is 4.79 Å². The molecule has 2 N–H and O–H groups in total. The number of ether oxygens (including phenoxy) is 3. The normalized spacial score (nSPS) is 9.79. The van der Waals surface area contributed by atoms with E-state index in [1.807, 2.05) is 6.07 Å². The topological polar surface area (TPSA) is 68.8 Å². The number of methoxy groups -OCH3 is 3. The molecule has 2 aromatic rings. The monoisotopic (exact) mass is 328 g/mol. The Kier molecular flexibility index (Phi) is 5.68. The van der Waals surface area contributed by atoms with E-state index >= 15 is 0 Å². The average molecular weight is 328 g/mol. The summed E-state index contributed by atoms with van der Waals surface area (Å²) in [5, 5.41) is 0. The Morgan fingerprint density at radius 1 is 0.833 bits per heavy atom. The van der Waals surface area contributed by atoms with Crippen molar-refractivity contribution in [3.05, 3.63) is 60.2 Å². The summed E-state index contributed by atoms with van der Waals surface area (Å²) in [7, 11) is 4.70. The van der Waals surface area contributed by atoms with Crippen molar-refractivity contribution in [2.45, 2.75) is 0 Å². The van der Waals surface area contributed by atoms with Gasteiger partial charge >= 0.3 is 0 Å². The summed E-state index contributed by atoms with van der Waals surface area (Å²) >= 11 is 0. The first-order valence-electron chi connectivity index (χ1n) is 7.20. The molecule has 6 nitrogen and oxygen atoms in total. The maximum Gasteiger partial charge on any atom is 0.269 e. The Balaban J connectivity index is 2.00. The highest BCUT2D eigenvalue weighted by Crippen LogP contribution is 2.29. The average Bonchev–Trinajstić information content (AvgIpc) is 2.65. The molecule has 1 amide bonds. The van der Waals surface area contributed by atoms with Crippen molar-refractivity contribution in [2.75, 3.05) is 21.3 Å². The molecule has 0 unspecified atom stereocenters. The van der Waals surface area contributed by atoms with E-state index in [1.165, 1.54) is 0 Å². The Morgan fingerprint density at radius 2 is 1.46 bits per heavy atom. The smallest absolute Gasteiger partial charge is 0.269 e. The van der Waals surface area contributed by atoms with Gasteiger partial charge in [0.25, 0.3) is 5.91 Å². The Labute approximate surface area is 141 Å². The molecule has 0 aliphatic heterocycles. The van der Waals surface area contributed by atoms with Crippen molar-refractivity contribution in [3.63, 3.8) is 0 Å². The lowest BCUT2D eigenvalue weighted by molar-refractivity contribution is 0.0942. The van der Waals surface area contributed by atoms with Crippen LogP contribution in [0.4, 0.5) is 0 Å². The highest BCUT2D eigenvalue weighted by molar-refractivity contribution is 5.94. The van der Waals surface area contributed by atoms with Crippen molar-refractivity contribution >= 4 is 11.6 Å². The first-order chi connectivity index (χ1) is 11.6. The molecule has 126 valence electrons. The Morgan fingerprint density at radius 3 is 2.04 bits per heavy atom. The summed E-state index contributed by atoms with van der Waals surface area (Å²) in [6.07, 6.45) is 0. The van der Waals surface area contributed by atoms with Gasteiger partial charge in [-0.1, -0.05) is 6.58 Å². The van der Waals surface area contributed by atoms with Crippen LogP contribution in [-0.4, -0.2) is 27.2 Å². The van der Waals surface area contributed by atoms with Gasteiger partial charge in [0.2, 0.25) is 0 Å². The summed E-state index contributed by atoms with van der Waals surface area (Å²) in [5.41, 5.74) is 7.19. The molecule has 0 bridgehead atoms. The van der Waals surface area contributed by atoms with Crippen LogP contribution in [0.3, 0.4) is 0 Å². The fraction of sp³-hybridized carbons (Fsp3) is 0.167. The van der Waals surface area contributed by atoms with Crippen molar-refractivity contribution in [1.29, 1.82) is 0 Å². The maximum absolute atomic E-state index is 12.1.